The average molecular weight is 382 g/mol. The van der Waals surface area contributed by atoms with Crippen LogP contribution < -0.4 is 5.56 Å². The van der Waals surface area contributed by atoms with Crippen LogP contribution in [0.15, 0.2) is 64.3 Å². The van der Waals surface area contributed by atoms with E-state index in [0.29, 0.717) is 16.5 Å². The Morgan fingerprint density at radius 3 is 2.88 bits per heavy atom. The molecule has 0 atom stereocenters. The summed E-state index contributed by atoms with van der Waals surface area (Å²) < 4.78 is 2.15. The van der Waals surface area contributed by atoms with E-state index in [-0.39, 0.29) is 17.9 Å². The number of benzene rings is 2. The third-order valence-corrected chi connectivity index (χ3v) is 4.48. The number of rotatable bonds is 3. The number of Topliss-reactive ketones (excluding diaryl/α,β-unsaturated/α-hetero) is 1. The van der Waals surface area contributed by atoms with Gasteiger partial charge >= 0.3 is 0 Å². The van der Waals surface area contributed by atoms with Gasteiger partial charge in [-0.2, -0.15) is 0 Å². The summed E-state index contributed by atoms with van der Waals surface area (Å²) in [5.74, 6) is -0.134. The summed E-state index contributed by atoms with van der Waals surface area (Å²) in [7, 11) is 0. The van der Waals surface area contributed by atoms with E-state index in [1.807, 2.05) is 30.3 Å². The maximum Gasteiger partial charge on any atom is 0.261 e. The zero-order valence-corrected chi connectivity index (χ0v) is 14.1. The lowest BCUT2D eigenvalue weighted by atomic mass is 10.1. The highest BCUT2D eigenvalue weighted by molar-refractivity contribution is 9.10. The number of hydrogen-bond acceptors (Lipinski definition) is 3. The van der Waals surface area contributed by atoms with Crippen molar-refractivity contribution in [3.63, 3.8) is 0 Å². The molecule has 0 spiro atoms. The molecule has 1 N–H and O–H groups in total. The molecule has 6 heteroatoms. The van der Waals surface area contributed by atoms with Crippen molar-refractivity contribution in [2.45, 2.75) is 6.54 Å². The topological polar surface area (TPSA) is 67.8 Å². The number of H-pyrrole nitrogens is 1. The van der Waals surface area contributed by atoms with Gasteiger partial charge in [0.25, 0.3) is 5.56 Å². The molecule has 0 amide bonds. The van der Waals surface area contributed by atoms with Gasteiger partial charge in [0.1, 0.15) is 0 Å². The van der Waals surface area contributed by atoms with Gasteiger partial charge in [-0.25, -0.2) is 4.98 Å². The van der Waals surface area contributed by atoms with Crippen LogP contribution in [0.1, 0.15) is 10.4 Å². The van der Waals surface area contributed by atoms with E-state index in [9.17, 15) is 9.59 Å². The van der Waals surface area contributed by atoms with Crippen LogP contribution >= 0.6 is 15.9 Å². The Bertz CT molecular complexity index is 1140. The minimum Gasteiger partial charge on any atom is -0.360 e. The van der Waals surface area contributed by atoms with Gasteiger partial charge in [-0.15, -0.1) is 0 Å². The Balaban J connectivity index is 1.75. The normalized spacial score (nSPS) is 11.2. The lowest BCUT2D eigenvalue weighted by Crippen LogP contribution is -2.24. The second kappa shape index (κ2) is 5.72. The zero-order chi connectivity index (χ0) is 16.7. The number of aromatic amines is 1. The lowest BCUT2D eigenvalue weighted by Gasteiger charge is -2.06. The molecule has 0 aliphatic carbocycles. The third-order valence-electron chi connectivity index (χ3n) is 3.99. The number of fused-ring (bicyclic) bond motifs is 2. The van der Waals surface area contributed by atoms with Crippen molar-refractivity contribution in [1.82, 2.24) is 14.5 Å². The van der Waals surface area contributed by atoms with Crippen molar-refractivity contribution in [1.29, 1.82) is 0 Å². The molecule has 0 aliphatic rings. The number of aromatic nitrogens is 3. The fraction of sp³-hybridized carbons (Fsp3) is 0.0556. The van der Waals surface area contributed by atoms with E-state index in [1.165, 1.54) is 10.9 Å². The quantitative estimate of drug-likeness (QED) is 0.552. The molecule has 2 aromatic heterocycles. The number of nitrogens with one attached hydrogen (secondary N) is 1. The summed E-state index contributed by atoms with van der Waals surface area (Å²) in [5, 5.41) is 1.34. The van der Waals surface area contributed by atoms with Crippen LogP contribution in [0.3, 0.4) is 0 Å². The number of halogens is 1. The molecule has 0 saturated carbocycles. The van der Waals surface area contributed by atoms with Gasteiger partial charge in [-0.3, -0.25) is 14.2 Å². The Labute approximate surface area is 145 Å². The Kier molecular flexibility index (Phi) is 3.54. The van der Waals surface area contributed by atoms with Crippen LogP contribution in [0, 0.1) is 0 Å². The van der Waals surface area contributed by atoms with Crippen LogP contribution in [-0.2, 0) is 6.54 Å². The molecular weight excluding hydrogens is 370 g/mol. The SMILES string of the molecule is O=C(Cn1cnc2ccc(Br)cc2c1=O)c1c[nH]c2ccccc12. The molecule has 0 aliphatic heterocycles. The van der Waals surface area contributed by atoms with Gasteiger partial charge in [-0.05, 0) is 24.3 Å². The maximum atomic E-state index is 12.6. The third kappa shape index (κ3) is 2.45. The molecule has 0 radical (unpaired) electrons. The van der Waals surface area contributed by atoms with Gasteiger partial charge in [0.05, 0.1) is 23.8 Å². The first kappa shape index (κ1) is 14.8. The van der Waals surface area contributed by atoms with Crippen molar-refractivity contribution < 1.29 is 4.79 Å². The van der Waals surface area contributed by atoms with E-state index in [4.69, 9.17) is 0 Å². The largest absolute Gasteiger partial charge is 0.360 e. The predicted molar refractivity (Wildman–Crippen MR) is 96.3 cm³/mol. The summed E-state index contributed by atoms with van der Waals surface area (Å²) in [6.45, 7) is -0.0455. The van der Waals surface area contributed by atoms with E-state index in [1.54, 1.807) is 18.3 Å². The Morgan fingerprint density at radius 1 is 1.17 bits per heavy atom. The highest BCUT2D eigenvalue weighted by Crippen LogP contribution is 2.19. The van der Waals surface area contributed by atoms with Crippen molar-refractivity contribution in [3.05, 3.63) is 75.4 Å². The average Bonchev–Trinajstić information content (AvgIpc) is 3.02. The van der Waals surface area contributed by atoms with Crippen LogP contribution in [-0.4, -0.2) is 20.3 Å². The molecule has 5 nitrogen and oxygen atoms in total. The Hall–Kier alpha value is -2.73. The molecule has 0 bridgehead atoms. The second-order valence-electron chi connectivity index (χ2n) is 5.51. The number of para-hydroxylation sites is 1. The van der Waals surface area contributed by atoms with Crippen LogP contribution in [0.4, 0.5) is 0 Å². The molecule has 0 saturated heterocycles. The number of ketones is 1. The second-order valence-corrected chi connectivity index (χ2v) is 6.43. The van der Waals surface area contributed by atoms with Crippen molar-refractivity contribution in [2.24, 2.45) is 0 Å². The number of nitrogens with zero attached hydrogens (tertiary/aromatic N) is 2. The van der Waals surface area contributed by atoms with E-state index < -0.39 is 0 Å². The molecule has 4 aromatic rings. The smallest absolute Gasteiger partial charge is 0.261 e. The summed E-state index contributed by atoms with van der Waals surface area (Å²) in [6, 6.07) is 12.9. The van der Waals surface area contributed by atoms with Gasteiger partial charge < -0.3 is 4.98 Å². The van der Waals surface area contributed by atoms with Crippen molar-refractivity contribution in [2.75, 3.05) is 0 Å². The molecule has 0 unspecified atom stereocenters. The van der Waals surface area contributed by atoms with Gasteiger partial charge in [0.15, 0.2) is 5.78 Å². The van der Waals surface area contributed by atoms with Gasteiger partial charge in [0.2, 0.25) is 0 Å². The highest BCUT2D eigenvalue weighted by atomic mass is 79.9. The molecule has 4 rings (SSSR count). The summed E-state index contributed by atoms with van der Waals surface area (Å²) >= 11 is 3.35. The molecule has 0 fully saturated rings. The lowest BCUT2D eigenvalue weighted by molar-refractivity contribution is 0.0972. The predicted octanol–water partition coefficient (Wildman–Crippen LogP) is 3.52. The van der Waals surface area contributed by atoms with Gasteiger partial charge in [0, 0.05) is 27.1 Å². The monoisotopic (exact) mass is 381 g/mol. The summed E-state index contributed by atoms with van der Waals surface area (Å²) in [5.41, 5.74) is 1.86. The standard InChI is InChI=1S/C18H12BrN3O2/c19-11-5-6-16-13(7-11)18(24)22(10-21-16)9-17(23)14-8-20-15-4-2-1-3-12(14)15/h1-8,10,20H,9H2. The Morgan fingerprint density at radius 2 is 2.00 bits per heavy atom. The first-order valence-electron chi connectivity index (χ1n) is 7.37. The summed E-state index contributed by atoms with van der Waals surface area (Å²) in [6.07, 6.45) is 3.11. The minimum atomic E-state index is -0.227. The zero-order valence-electron chi connectivity index (χ0n) is 12.5. The van der Waals surface area contributed by atoms with Crippen LogP contribution in [0.2, 0.25) is 0 Å². The van der Waals surface area contributed by atoms with Gasteiger partial charge in [-0.1, -0.05) is 34.1 Å². The minimum absolute atomic E-state index is 0.0455. The number of carbonyl (C=O) groups is 1. The molecule has 118 valence electrons. The van der Waals surface area contributed by atoms with E-state index in [2.05, 4.69) is 25.9 Å². The first-order valence-corrected chi connectivity index (χ1v) is 8.17. The summed E-state index contributed by atoms with van der Waals surface area (Å²) in [4.78, 5) is 32.6. The number of hydrogen-bond donors (Lipinski definition) is 1. The maximum absolute atomic E-state index is 12.6. The van der Waals surface area contributed by atoms with Crippen LogP contribution in [0.25, 0.3) is 21.8 Å². The molecule has 2 aromatic carbocycles. The highest BCUT2D eigenvalue weighted by Gasteiger charge is 2.14. The van der Waals surface area contributed by atoms with E-state index in [0.717, 1.165) is 15.4 Å². The first-order chi connectivity index (χ1) is 11.6. The molecule has 24 heavy (non-hydrogen) atoms. The fourth-order valence-corrected chi connectivity index (χ4v) is 3.15. The fourth-order valence-electron chi connectivity index (χ4n) is 2.79. The molecular formula is C18H12BrN3O2. The van der Waals surface area contributed by atoms with Crippen molar-refractivity contribution in [3.8, 4) is 0 Å². The van der Waals surface area contributed by atoms with Crippen molar-refractivity contribution >= 4 is 43.5 Å². The molecule has 2 heterocycles. The number of carbonyl (C=O) groups excluding carboxylic acids is 1. The van der Waals surface area contributed by atoms with E-state index >= 15 is 0 Å². The van der Waals surface area contributed by atoms with Crippen LogP contribution in [0.5, 0.6) is 0 Å².